The van der Waals surface area contributed by atoms with Gasteiger partial charge in [-0.3, -0.25) is 4.79 Å². The van der Waals surface area contributed by atoms with E-state index in [1.165, 1.54) is 12.8 Å². The van der Waals surface area contributed by atoms with Gasteiger partial charge >= 0.3 is 0 Å². The third-order valence-corrected chi connectivity index (χ3v) is 2.35. The van der Waals surface area contributed by atoms with Crippen molar-refractivity contribution in [2.24, 2.45) is 17.4 Å². The van der Waals surface area contributed by atoms with Gasteiger partial charge in [-0.05, 0) is 25.7 Å². The maximum absolute atomic E-state index is 10.6. The van der Waals surface area contributed by atoms with Gasteiger partial charge in [-0.2, -0.15) is 0 Å². The van der Waals surface area contributed by atoms with Gasteiger partial charge in [0.2, 0.25) is 5.91 Å². The Morgan fingerprint density at radius 1 is 1.67 bits per heavy atom. The highest BCUT2D eigenvalue weighted by molar-refractivity contribution is 5.79. The summed E-state index contributed by atoms with van der Waals surface area (Å²) in [6.45, 7) is 2.61. The van der Waals surface area contributed by atoms with Crippen molar-refractivity contribution < 1.29 is 4.79 Å². The van der Waals surface area contributed by atoms with E-state index < -0.39 is 11.9 Å². The molecule has 2 unspecified atom stereocenters. The van der Waals surface area contributed by atoms with Crippen LogP contribution in [0.4, 0.5) is 0 Å². The van der Waals surface area contributed by atoms with Crippen LogP contribution in [0.15, 0.2) is 0 Å². The van der Waals surface area contributed by atoms with Crippen molar-refractivity contribution in [3.05, 3.63) is 0 Å². The average molecular weight is 171 g/mol. The van der Waals surface area contributed by atoms with E-state index in [2.05, 4.69) is 12.2 Å². The van der Waals surface area contributed by atoms with Crippen LogP contribution in [-0.4, -0.2) is 24.5 Å². The Morgan fingerprint density at radius 2 is 2.25 bits per heavy atom. The minimum Gasteiger partial charge on any atom is -0.368 e. The van der Waals surface area contributed by atoms with Gasteiger partial charge in [0, 0.05) is 12.6 Å². The largest absolute Gasteiger partial charge is 0.368 e. The molecule has 5 N–H and O–H groups in total. The van der Waals surface area contributed by atoms with Gasteiger partial charge in [0.25, 0.3) is 0 Å². The molecule has 70 valence electrons. The third-order valence-electron chi connectivity index (χ3n) is 2.35. The van der Waals surface area contributed by atoms with E-state index in [1.807, 2.05) is 0 Å². The topological polar surface area (TPSA) is 81.1 Å². The molecule has 1 rings (SSSR count). The van der Waals surface area contributed by atoms with Gasteiger partial charge in [-0.1, -0.05) is 0 Å². The van der Waals surface area contributed by atoms with Crippen LogP contribution < -0.4 is 16.8 Å². The van der Waals surface area contributed by atoms with Crippen molar-refractivity contribution in [3.8, 4) is 0 Å². The molecule has 4 heteroatoms. The monoisotopic (exact) mass is 171 g/mol. The van der Waals surface area contributed by atoms with Crippen molar-refractivity contribution in [1.82, 2.24) is 5.32 Å². The SMILES string of the molecule is CC(NCC(N)C(N)=O)C1CC1. The Kier molecular flexibility index (Phi) is 3.05. The molecule has 0 heterocycles. The first-order chi connectivity index (χ1) is 5.61. The number of hydrogen-bond donors (Lipinski definition) is 3. The number of amides is 1. The van der Waals surface area contributed by atoms with Crippen LogP contribution in [0.1, 0.15) is 19.8 Å². The van der Waals surface area contributed by atoms with E-state index in [-0.39, 0.29) is 0 Å². The van der Waals surface area contributed by atoms with Gasteiger partial charge in [-0.25, -0.2) is 0 Å². The fourth-order valence-electron chi connectivity index (χ4n) is 1.18. The third kappa shape index (κ3) is 2.79. The van der Waals surface area contributed by atoms with Crippen LogP contribution in [-0.2, 0) is 4.79 Å². The summed E-state index contributed by atoms with van der Waals surface area (Å²) in [5, 5.41) is 3.20. The van der Waals surface area contributed by atoms with Crippen LogP contribution in [0.3, 0.4) is 0 Å². The summed E-state index contributed by atoms with van der Waals surface area (Å²) < 4.78 is 0. The standard InChI is InChI=1S/C8H17N3O/c1-5(6-2-3-6)11-4-7(9)8(10)12/h5-7,11H,2-4,9H2,1H3,(H2,10,12). The summed E-state index contributed by atoms with van der Waals surface area (Å²) in [5.41, 5.74) is 10.5. The zero-order valence-corrected chi connectivity index (χ0v) is 7.42. The van der Waals surface area contributed by atoms with E-state index >= 15 is 0 Å². The molecule has 0 aromatic carbocycles. The molecule has 1 fully saturated rings. The molecular formula is C8H17N3O. The summed E-state index contributed by atoms with van der Waals surface area (Å²) in [4.78, 5) is 10.6. The molecular weight excluding hydrogens is 154 g/mol. The van der Waals surface area contributed by atoms with Crippen molar-refractivity contribution in [2.75, 3.05) is 6.54 Å². The van der Waals surface area contributed by atoms with E-state index in [4.69, 9.17) is 11.5 Å². The molecule has 0 saturated heterocycles. The Labute approximate surface area is 72.7 Å². The number of nitrogens with two attached hydrogens (primary N) is 2. The van der Waals surface area contributed by atoms with Crippen LogP contribution in [0, 0.1) is 5.92 Å². The Morgan fingerprint density at radius 3 is 2.67 bits per heavy atom. The zero-order chi connectivity index (χ0) is 9.14. The van der Waals surface area contributed by atoms with Crippen LogP contribution >= 0.6 is 0 Å². The highest BCUT2D eigenvalue weighted by Crippen LogP contribution is 2.32. The first-order valence-corrected chi connectivity index (χ1v) is 4.39. The molecule has 0 spiro atoms. The second-order valence-electron chi connectivity index (χ2n) is 3.54. The number of rotatable bonds is 5. The molecule has 4 nitrogen and oxygen atoms in total. The maximum Gasteiger partial charge on any atom is 0.235 e. The fraction of sp³-hybridized carbons (Fsp3) is 0.875. The Hall–Kier alpha value is -0.610. The molecule has 1 amide bonds. The summed E-state index contributed by atoms with van der Waals surface area (Å²) in [6.07, 6.45) is 2.58. The van der Waals surface area contributed by atoms with Crippen molar-refractivity contribution in [2.45, 2.75) is 31.8 Å². The van der Waals surface area contributed by atoms with E-state index in [9.17, 15) is 4.79 Å². The minimum atomic E-state index is -0.550. The Bertz CT molecular complexity index is 168. The molecule has 0 aromatic rings. The molecule has 12 heavy (non-hydrogen) atoms. The van der Waals surface area contributed by atoms with Crippen LogP contribution in [0.2, 0.25) is 0 Å². The molecule has 1 aliphatic rings. The van der Waals surface area contributed by atoms with Crippen molar-refractivity contribution in [3.63, 3.8) is 0 Å². The van der Waals surface area contributed by atoms with E-state index in [1.54, 1.807) is 0 Å². The lowest BCUT2D eigenvalue weighted by Gasteiger charge is -2.14. The number of primary amides is 1. The van der Waals surface area contributed by atoms with Gasteiger partial charge in [0.1, 0.15) is 0 Å². The number of carbonyl (C=O) groups is 1. The number of nitrogens with one attached hydrogen (secondary N) is 1. The highest BCUT2D eigenvalue weighted by Gasteiger charge is 2.27. The predicted octanol–water partition coefficient (Wildman–Crippen LogP) is -0.813. The van der Waals surface area contributed by atoms with Gasteiger partial charge in [0.05, 0.1) is 6.04 Å². The summed E-state index contributed by atoms with van der Waals surface area (Å²) in [5.74, 6) is 0.343. The molecule has 0 radical (unpaired) electrons. The zero-order valence-electron chi connectivity index (χ0n) is 7.42. The number of carbonyl (C=O) groups excluding carboxylic acids is 1. The van der Waals surface area contributed by atoms with Crippen LogP contribution in [0.5, 0.6) is 0 Å². The van der Waals surface area contributed by atoms with Crippen LogP contribution in [0.25, 0.3) is 0 Å². The minimum absolute atomic E-state index is 0.439. The normalized spacial score (nSPS) is 21.8. The fourth-order valence-corrected chi connectivity index (χ4v) is 1.18. The van der Waals surface area contributed by atoms with Gasteiger partial charge in [0.15, 0.2) is 0 Å². The lowest BCUT2D eigenvalue weighted by molar-refractivity contribution is -0.119. The lowest BCUT2D eigenvalue weighted by Crippen LogP contribution is -2.46. The molecule has 0 aliphatic heterocycles. The highest BCUT2D eigenvalue weighted by atomic mass is 16.1. The lowest BCUT2D eigenvalue weighted by atomic mass is 10.2. The van der Waals surface area contributed by atoms with Gasteiger partial charge < -0.3 is 16.8 Å². The Balaban J connectivity index is 2.11. The second-order valence-corrected chi connectivity index (χ2v) is 3.54. The molecule has 1 saturated carbocycles. The predicted molar refractivity (Wildman–Crippen MR) is 47.4 cm³/mol. The first kappa shape index (κ1) is 9.48. The molecule has 0 bridgehead atoms. The quantitative estimate of drug-likeness (QED) is 0.506. The molecule has 1 aliphatic carbocycles. The van der Waals surface area contributed by atoms with E-state index in [0.717, 1.165) is 5.92 Å². The molecule has 0 aromatic heterocycles. The average Bonchev–Trinajstić information content (AvgIpc) is 2.81. The summed E-state index contributed by atoms with van der Waals surface area (Å²) in [7, 11) is 0. The molecule has 2 atom stereocenters. The van der Waals surface area contributed by atoms with Crippen molar-refractivity contribution in [1.29, 1.82) is 0 Å². The summed E-state index contributed by atoms with van der Waals surface area (Å²) in [6, 6.07) is -0.0819. The van der Waals surface area contributed by atoms with E-state index in [0.29, 0.717) is 12.6 Å². The number of hydrogen-bond acceptors (Lipinski definition) is 3. The second kappa shape index (κ2) is 3.87. The smallest absolute Gasteiger partial charge is 0.235 e. The van der Waals surface area contributed by atoms with Gasteiger partial charge in [-0.15, -0.1) is 0 Å². The maximum atomic E-state index is 10.6. The van der Waals surface area contributed by atoms with Crippen molar-refractivity contribution >= 4 is 5.91 Å². The first-order valence-electron chi connectivity index (χ1n) is 4.39. The summed E-state index contributed by atoms with van der Waals surface area (Å²) >= 11 is 0.